The van der Waals surface area contributed by atoms with Gasteiger partial charge < -0.3 is 11.1 Å². The van der Waals surface area contributed by atoms with Gasteiger partial charge in [-0.1, -0.05) is 6.42 Å². The molecule has 0 aromatic carbocycles. The average Bonchev–Trinajstić information content (AvgIpc) is 2.17. The zero-order chi connectivity index (χ0) is 9.26. The van der Waals surface area contributed by atoms with Gasteiger partial charge in [-0.3, -0.25) is 4.79 Å². The summed E-state index contributed by atoms with van der Waals surface area (Å²) in [6, 6.07) is 0.389. The van der Waals surface area contributed by atoms with Crippen molar-refractivity contribution in [3.63, 3.8) is 0 Å². The number of nitrogens with one attached hydrogen (secondary N) is 1. The summed E-state index contributed by atoms with van der Waals surface area (Å²) < 4.78 is 0. The highest BCUT2D eigenvalue weighted by atomic mass is 16.1. The molecule has 0 bridgehead atoms. The maximum Gasteiger partial charge on any atom is 0.222 e. The summed E-state index contributed by atoms with van der Waals surface area (Å²) in [4.78, 5) is 11.2. The van der Waals surface area contributed by atoms with Crippen LogP contribution >= 0.6 is 0 Å². The quantitative estimate of drug-likeness (QED) is 0.625. The minimum Gasteiger partial charge on any atom is -0.369 e. The first kappa shape index (κ1) is 9.00. The van der Waals surface area contributed by atoms with E-state index in [-0.39, 0.29) is 11.8 Å². The van der Waals surface area contributed by atoms with Crippen LogP contribution in [0.15, 0.2) is 0 Å². The van der Waals surface area contributed by atoms with Crippen LogP contribution in [-0.2, 0) is 4.79 Å². The summed E-state index contributed by atoms with van der Waals surface area (Å²) >= 11 is 0. The summed E-state index contributed by atoms with van der Waals surface area (Å²) in [6.45, 7) is 1.06. The lowest BCUT2D eigenvalue weighted by atomic mass is 9.73. The number of carbonyl (C=O) groups is 1. The highest BCUT2D eigenvalue weighted by Gasteiger charge is 2.37. The molecule has 74 valence electrons. The minimum absolute atomic E-state index is 0.0963. The minimum atomic E-state index is -0.107. The Morgan fingerprint density at radius 3 is 2.77 bits per heavy atom. The number of hydrogen-bond acceptors (Lipinski definition) is 2. The largest absolute Gasteiger partial charge is 0.369 e. The SMILES string of the molecule is NC(=O)C1CCCC2CCCNC21. The van der Waals surface area contributed by atoms with E-state index in [4.69, 9.17) is 5.73 Å². The second-order valence-electron chi connectivity index (χ2n) is 4.32. The second kappa shape index (κ2) is 3.66. The number of nitrogens with two attached hydrogens (primary N) is 1. The van der Waals surface area contributed by atoms with E-state index in [1.807, 2.05) is 0 Å². The molecule has 13 heavy (non-hydrogen) atoms. The standard InChI is InChI=1S/C10H18N2O/c11-10(13)8-5-1-3-7-4-2-6-12-9(7)8/h7-9,12H,1-6H2,(H2,11,13). The molecular weight excluding hydrogens is 164 g/mol. The molecule has 3 nitrogen and oxygen atoms in total. The van der Waals surface area contributed by atoms with Crippen molar-refractivity contribution in [2.45, 2.75) is 38.1 Å². The number of fused-ring (bicyclic) bond motifs is 1. The first-order chi connectivity index (χ1) is 6.29. The summed E-state index contributed by atoms with van der Waals surface area (Å²) in [6.07, 6.45) is 5.98. The van der Waals surface area contributed by atoms with Crippen LogP contribution < -0.4 is 11.1 Å². The Morgan fingerprint density at radius 2 is 2.00 bits per heavy atom. The van der Waals surface area contributed by atoms with Gasteiger partial charge >= 0.3 is 0 Å². The maximum absolute atomic E-state index is 11.2. The summed E-state index contributed by atoms with van der Waals surface area (Å²) in [5.41, 5.74) is 5.40. The van der Waals surface area contributed by atoms with E-state index in [9.17, 15) is 4.79 Å². The van der Waals surface area contributed by atoms with Gasteiger partial charge in [-0.2, -0.15) is 0 Å². The van der Waals surface area contributed by atoms with Crippen LogP contribution in [0.25, 0.3) is 0 Å². The van der Waals surface area contributed by atoms with Gasteiger partial charge in [0.2, 0.25) is 5.91 Å². The molecule has 1 amide bonds. The van der Waals surface area contributed by atoms with Crippen molar-refractivity contribution in [1.82, 2.24) is 5.32 Å². The van der Waals surface area contributed by atoms with Crippen molar-refractivity contribution >= 4 is 5.91 Å². The van der Waals surface area contributed by atoms with Crippen LogP contribution in [0.3, 0.4) is 0 Å². The first-order valence-corrected chi connectivity index (χ1v) is 5.32. The molecule has 3 unspecified atom stereocenters. The lowest BCUT2D eigenvalue weighted by Gasteiger charge is -2.40. The number of piperidine rings is 1. The van der Waals surface area contributed by atoms with E-state index >= 15 is 0 Å². The normalized spacial score (nSPS) is 39.5. The van der Waals surface area contributed by atoms with Crippen LogP contribution in [0.2, 0.25) is 0 Å². The molecule has 3 atom stereocenters. The van der Waals surface area contributed by atoms with Gasteiger partial charge in [0.15, 0.2) is 0 Å². The zero-order valence-electron chi connectivity index (χ0n) is 7.96. The molecule has 1 aliphatic heterocycles. The molecular formula is C10H18N2O. The third kappa shape index (κ3) is 1.70. The molecule has 3 N–H and O–H groups in total. The molecule has 1 saturated carbocycles. The predicted octanol–water partition coefficient (Wildman–Crippen LogP) is 0.640. The molecule has 1 saturated heterocycles. The third-order valence-corrected chi connectivity index (χ3v) is 3.53. The maximum atomic E-state index is 11.2. The highest BCUT2D eigenvalue weighted by molar-refractivity contribution is 5.77. The summed E-state index contributed by atoms with van der Waals surface area (Å²) in [5, 5.41) is 3.45. The van der Waals surface area contributed by atoms with Gasteiger partial charge in [0, 0.05) is 6.04 Å². The molecule has 0 aromatic heterocycles. The third-order valence-electron chi connectivity index (χ3n) is 3.53. The van der Waals surface area contributed by atoms with Crippen molar-refractivity contribution < 1.29 is 4.79 Å². The zero-order valence-corrected chi connectivity index (χ0v) is 7.96. The van der Waals surface area contributed by atoms with E-state index in [1.165, 1.54) is 25.7 Å². The Hall–Kier alpha value is -0.570. The van der Waals surface area contributed by atoms with Crippen molar-refractivity contribution in [3.8, 4) is 0 Å². The fourth-order valence-corrected chi connectivity index (χ4v) is 2.87. The van der Waals surface area contributed by atoms with E-state index in [0.717, 1.165) is 13.0 Å². The fourth-order valence-electron chi connectivity index (χ4n) is 2.87. The Balaban J connectivity index is 2.06. The van der Waals surface area contributed by atoms with E-state index in [2.05, 4.69) is 5.32 Å². The van der Waals surface area contributed by atoms with Gasteiger partial charge in [-0.15, -0.1) is 0 Å². The molecule has 2 fully saturated rings. The Morgan fingerprint density at radius 1 is 1.23 bits per heavy atom. The lowest BCUT2D eigenvalue weighted by Crippen LogP contribution is -2.52. The smallest absolute Gasteiger partial charge is 0.222 e. The number of amides is 1. The molecule has 0 spiro atoms. The van der Waals surface area contributed by atoms with E-state index in [1.54, 1.807) is 0 Å². The van der Waals surface area contributed by atoms with Gasteiger partial charge in [0.25, 0.3) is 0 Å². The monoisotopic (exact) mass is 182 g/mol. The number of hydrogen-bond donors (Lipinski definition) is 2. The Kier molecular flexibility index (Phi) is 2.54. The number of rotatable bonds is 1. The summed E-state index contributed by atoms with van der Waals surface area (Å²) in [5.74, 6) is 0.697. The number of primary amides is 1. The van der Waals surface area contributed by atoms with E-state index in [0.29, 0.717) is 12.0 Å². The van der Waals surface area contributed by atoms with Crippen molar-refractivity contribution in [2.75, 3.05) is 6.54 Å². The first-order valence-electron chi connectivity index (χ1n) is 5.32. The molecule has 0 aromatic rings. The molecule has 2 aliphatic rings. The van der Waals surface area contributed by atoms with Crippen LogP contribution in [-0.4, -0.2) is 18.5 Å². The second-order valence-corrected chi connectivity index (χ2v) is 4.32. The van der Waals surface area contributed by atoms with Crippen LogP contribution in [0.4, 0.5) is 0 Å². The van der Waals surface area contributed by atoms with Gasteiger partial charge in [0.1, 0.15) is 0 Å². The Bertz CT molecular complexity index is 203. The summed E-state index contributed by atoms with van der Waals surface area (Å²) in [7, 11) is 0. The van der Waals surface area contributed by atoms with Gasteiger partial charge in [-0.05, 0) is 38.1 Å². The topological polar surface area (TPSA) is 55.1 Å². The van der Waals surface area contributed by atoms with Gasteiger partial charge in [0.05, 0.1) is 5.92 Å². The molecule has 2 rings (SSSR count). The molecule has 3 heteroatoms. The van der Waals surface area contributed by atoms with Crippen molar-refractivity contribution in [3.05, 3.63) is 0 Å². The lowest BCUT2D eigenvalue weighted by molar-refractivity contribution is -0.124. The molecule has 1 heterocycles. The van der Waals surface area contributed by atoms with Crippen LogP contribution in [0, 0.1) is 11.8 Å². The molecule has 0 radical (unpaired) electrons. The van der Waals surface area contributed by atoms with E-state index < -0.39 is 0 Å². The Labute approximate surface area is 79.1 Å². The van der Waals surface area contributed by atoms with Crippen LogP contribution in [0.5, 0.6) is 0 Å². The van der Waals surface area contributed by atoms with Gasteiger partial charge in [-0.25, -0.2) is 0 Å². The number of carbonyl (C=O) groups excluding carboxylic acids is 1. The predicted molar refractivity (Wildman–Crippen MR) is 51.1 cm³/mol. The fraction of sp³-hybridized carbons (Fsp3) is 0.900. The van der Waals surface area contributed by atoms with Crippen molar-refractivity contribution in [2.24, 2.45) is 17.6 Å². The highest BCUT2D eigenvalue weighted by Crippen LogP contribution is 2.34. The average molecular weight is 182 g/mol. The van der Waals surface area contributed by atoms with Crippen molar-refractivity contribution in [1.29, 1.82) is 0 Å². The molecule has 1 aliphatic carbocycles. The van der Waals surface area contributed by atoms with Crippen LogP contribution in [0.1, 0.15) is 32.1 Å².